The molecule has 0 saturated carbocycles. The highest BCUT2D eigenvalue weighted by atomic mass is 32.2. The Bertz CT molecular complexity index is 1680. The maximum Gasteiger partial charge on any atom is 0.295 e. The van der Waals surface area contributed by atoms with Crippen molar-refractivity contribution in [1.82, 2.24) is 4.90 Å². The first-order valence-corrected chi connectivity index (χ1v) is 16.1. The predicted octanol–water partition coefficient (Wildman–Crippen LogP) is 8.06. The lowest BCUT2D eigenvalue weighted by Crippen LogP contribution is -2.36. The van der Waals surface area contributed by atoms with Crippen molar-refractivity contribution in [2.24, 2.45) is 0 Å². The number of para-hydroxylation sites is 2. The van der Waals surface area contributed by atoms with Gasteiger partial charge in [0, 0.05) is 15.2 Å². The number of nitrogens with zero attached hydrogens (tertiary/aromatic N) is 2. The molecule has 1 aliphatic heterocycles. The summed E-state index contributed by atoms with van der Waals surface area (Å²) in [6.45, 7) is 12.8. The lowest BCUT2D eigenvalue weighted by molar-refractivity contribution is -0.118. The highest BCUT2D eigenvalue weighted by Crippen LogP contribution is 2.47. The number of hydrogen-bond donors (Lipinski definition) is 1. The molecule has 0 atom stereocenters. The topological polar surface area (TPSA) is 77.9 Å². The van der Waals surface area contributed by atoms with Crippen molar-refractivity contribution < 1.29 is 17.8 Å². The summed E-state index contributed by atoms with van der Waals surface area (Å²) >= 11 is 1.72. The van der Waals surface area contributed by atoms with Crippen molar-refractivity contribution >= 4 is 49.9 Å². The number of carbonyl (C=O) groups is 1. The van der Waals surface area contributed by atoms with E-state index in [2.05, 4.69) is 32.9 Å². The normalized spacial score (nSPS) is 13.3. The molecule has 0 unspecified atom stereocenters. The van der Waals surface area contributed by atoms with E-state index in [0.717, 1.165) is 37.7 Å². The molecule has 4 aromatic rings. The summed E-state index contributed by atoms with van der Waals surface area (Å²) in [5.41, 5.74) is 3.74. The standard InChI is InChI=1S/C18H24O3S.C16H16N2OS/c1-17(2,3)13-7-8-15-12(9-13)10-14(18(4,5)6)11-16(15)22(19,20)21;1-17(2)11-16(19)18-12-7-3-5-9-14(12)20-15-10-6-4-8-13(15)18/h7-11H,1-6H3,(H,19,20,21);3-10H,11H2,1-2H3. The summed E-state index contributed by atoms with van der Waals surface area (Å²) in [6.07, 6.45) is 0. The Labute approximate surface area is 254 Å². The second-order valence-electron chi connectivity index (χ2n) is 12.9. The maximum absolute atomic E-state index is 12.6. The van der Waals surface area contributed by atoms with Gasteiger partial charge in [0.05, 0.1) is 17.9 Å². The van der Waals surface area contributed by atoms with Crippen LogP contribution in [-0.2, 0) is 25.7 Å². The molecule has 0 bridgehead atoms. The van der Waals surface area contributed by atoms with Gasteiger partial charge in [0.2, 0.25) is 5.91 Å². The number of rotatable bonds is 3. The van der Waals surface area contributed by atoms with Crippen LogP contribution in [0.5, 0.6) is 0 Å². The van der Waals surface area contributed by atoms with Gasteiger partial charge >= 0.3 is 0 Å². The fourth-order valence-electron chi connectivity index (χ4n) is 4.76. The molecule has 0 spiro atoms. The third-order valence-corrected chi connectivity index (χ3v) is 9.08. The van der Waals surface area contributed by atoms with Crippen molar-refractivity contribution in [1.29, 1.82) is 0 Å². The average molecular weight is 605 g/mol. The van der Waals surface area contributed by atoms with Crippen LogP contribution in [0.3, 0.4) is 0 Å². The fraction of sp³-hybridized carbons (Fsp3) is 0.324. The molecule has 0 aromatic heterocycles. The Morgan fingerprint density at radius 2 is 1.29 bits per heavy atom. The Morgan fingerprint density at radius 3 is 1.76 bits per heavy atom. The molecule has 222 valence electrons. The lowest BCUT2D eigenvalue weighted by atomic mass is 9.83. The van der Waals surface area contributed by atoms with Crippen LogP contribution in [0.15, 0.2) is 93.5 Å². The second-order valence-corrected chi connectivity index (χ2v) is 15.4. The molecule has 42 heavy (non-hydrogen) atoms. The number of hydrogen-bond acceptors (Lipinski definition) is 5. The summed E-state index contributed by atoms with van der Waals surface area (Å²) in [4.78, 5) is 18.6. The Balaban J connectivity index is 0.000000193. The summed E-state index contributed by atoms with van der Waals surface area (Å²) in [6, 6.07) is 25.4. The van der Waals surface area contributed by atoms with E-state index in [0.29, 0.717) is 11.9 Å². The molecule has 6 nitrogen and oxygen atoms in total. The zero-order valence-corrected chi connectivity index (χ0v) is 27.2. The van der Waals surface area contributed by atoms with E-state index in [-0.39, 0.29) is 21.6 Å². The smallest absolute Gasteiger partial charge is 0.295 e. The van der Waals surface area contributed by atoms with E-state index in [9.17, 15) is 17.8 Å². The van der Waals surface area contributed by atoms with Gasteiger partial charge in [-0.05, 0) is 71.8 Å². The van der Waals surface area contributed by atoms with E-state index < -0.39 is 10.1 Å². The number of anilines is 2. The monoisotopic (exact) mass is 604 g/mol. The molecule has 0 radical (unpaired) electrons. The summed E-state index contributed by atoms with van der Waals surface area (Å²) in [7, 11) is -0.438. The number of amides is 1. The van der Waals surface area contributed by atoms with Gasteiger partial charge in [-0.3, -0.25) is 14.2 Å². The van der Waals surface area contributed by atoms with E-state index in [1.54, 1.807) is 23.9 Å². The molecule has 0 saturated heterocycles. The summed E-state index contributed by atoms with van der Waals surface area (Å²) < 4.78 is 33.1. The molecule has 4 aromatic carbocycles. The van der Waals surface area contributed by atoms with Crippen molar-refractivity contribution in [2.45, 2.75) is 67.1 Å². The van der Waals surface area contributed by atoms with Crippen LogP contribution in [0.25, 0.3) is 10.8 Å². The van der Waals surface area contributed by atoms with Gasteiger partial charge in [-0.25, -0.2) is 0 Å². The van der Waals surface area contributed by atoms with Crippen LogP contribution in [0, 0.1) is 0 Å². The Kier molecular flexibility index (Phi) is 8.95. The minimum atomic E-state index is -4.26. The minimum Gasteiger partial charge on any atom is -0.301 e. The predicted molar refractivity (Wildman–Crippen MR) is 174 cm³/mol. The quantitative estimate of drug-likeness (QED) is 0.238. The molecule has 5 rings (SSSR count). The number of likely N-dealkylation sites (N-methyl/N-ethyl adjacent to an activating group) is 1. The number of benzene rings is 4. The van der Waals surface area contributed by atoms with Crippen LogP contribution in [0.4, 0.5) is 11.4 Å². The van der Waals surface area contributed by atoms with Gasteiger partial charge in [-0.2, -0.15) is 8.42 Å². The summed E-state index contributed by atoms with van der Waals surface area (Å²) in [5.74, 6) is 0.0928. The van der Waals surface area contributed by atoms with Gasteiger partial charge in [-0.15, -0.1) is 0 Å². The number of fused-ring (bicyclic) bond motifs is 3. The van der Waals surface area contributed by atoms with E-state index in [1.807, 2.05) is 99.3 Å². The zero-order valence-electron chi connectivity index (χ0n) is 25.6. The molecular formula is C34H40N2O4S2. The molecule has 1 heterocycles. The number of carbonyl (C=O) groups excluding carboxylic acids is 1. The molecular weight excluding hydrogens is 565 g/mol. The molecule has 0 aliphatic carbocycles. The van der Waals surface area contributed by atoms with Crippen molar-refractivity contribution in [2.75, 3.05) is 25.5 Å². The Hall–Kier alpha value is -3.17. The highest BCUT2D eigenvalue weighted by molar-refractivity contribution is 7.99. The van der Waals surface area contributed by atoms with Gasteiger partial charge in [0.1, 0.15) is 4.90 Å². The second kappa shape index (κ2) is 11.8. The minimum absolute atomic E-state index is 0.0182. The summed E-state index contributed by atoms with van der Waals surface area (Å²) in [5, 5.41) is 1.40. The van der Waals surface area contributed by atoms with E-state index in [1.165, 1.54) is 0 Å². The van der Waals surface area contributed by atoms with Crippen molar-refractivity contribution in [3.63, 3.8) is 0 Å². The van der Waals surface area contributed by atoms with Gasteiger partial charge < -0.3 is 4.90 Å². The van der Waals surface area contributed by atoms with Crippen molar-refractivity contribution in [3.05, 3.63) is 90.0 Å². The SMILES string of the molecule is CC(C)(C)c1ccc2c(S(=O)(=O)O)cc(C(C)(C)C)cc2c1.CN(C)CC(=O)N1c2ccccc2Sc2ccccc21. The van der Waals surface area contributed by atoms with Crippen molar-refractivity contribution in [3.8, 4) is 0 Å². The molecule has 8 heteroatoms. The first kappa shape index (κ1) is 31.8. The third kappa shape index (κ3) is 7.06. The van der Waals surface area contributed by atoms with Crippen LogP contribution in [0.2, 0.25) is 0 Å². The largest absolute Gasteiger partial charge is 0.301 e. The van der Waals surface area contributed by atoms with Gasteiger partial charge in [0.25, 0.3) is 10.1 Å². The van der Waals surface area contributed by atoms with E-state index in [4.69, 9.17) is 0 Å². The van der Waals surface area contributed by atoms with Crippen LogP contribution < -0.4 is 4.90 Å². The van der Waals surface area contributed by atoms with Crippen LogP contribution in [-0.4, -0.2) is 44.4 Å². The first-order valence-electron chi connectivity index (χ1n) is 13.9. The van der Waals surface area contributed by atoms with E-state index >= 15 is 0 Å². The maximum atomic E-state index is 12.6. The van der Waals surface area contributed by atoms with Crippen LogP contribution >= 0.6 is 11.8 Å². The van der Waals surface area contributed by atoms with Gasteiger partial charge in [-0.1, -0.05) is 102 Å². The molecule has 1 amide bonds. The molecule has 1 aliphatic rings. The highest BCUT2D eigenvalue weighted by Gasteiger charge is 2.28. The van der Waals surface area contributed by atoms with Crippen LogP contribution in [0.1, 0.15) is 52.7 Å². The lowest BCUT2D eigenvalue weighted by Gasteiger charge is -2.31. The Morgan fingerprint density at radius 1 is 0.786 bits per heavy atom. The first-order chi connectivity index (χ1) is 19.5. The molecule has 0 fully saturated rings. The zero-order chi connectivity index (χ0) is 31.0. The van der Waals surface area contributed by atoms with Gasteiger partial charge in [0.15, 0.2) is 0 Å². The molecule has 1 N–H and O–H groups in total. The average Bonchev–Trinajstić information content (AvgIpc) is 2.89. The fourth-order valence-corrected chi connectivity index (χ4v) is 6.56. The third-order valence-electron chi connectivity index (χ3n) is 7.06.